The van der Waals surface area contributed by atoms with Crippen LogP contribution in [-0.4, -0.2) is 28.6 Å². The number of nitrogens with zero attached hydrogens (tertiary/aromatic N) is 2. The van der Waals surface area contributed by atoms with E-state index >= 15 is 0 Å². The van der Waals surface area contributed by atoms with E-state index in [4.69, 9.17) is 9.15 Å². The van der Waals surface area contributed by atoms with Gasteiger partial charge in [0.1, 0.15) is 16.3 Å². The molecule has 0 atom stereocenters. The Kier molecular flexibility index (Phi) is 4.41. The molecule has 8 nitrogen and oxygen atoms in total. The number of thiophene rings is 1. The molecule has 0 radical (unpaired) electrons. The molecule has 0 N–H and O–H groups in total. The SMILES string of the molecule is COC(=O)c1occc1COC(=O)c1sc2ncn(C)c(=O)c2c1C. The van der Waals surface area contributed by atoms with Gasteiger partial charge in [-0.15, -0.1) is 11.3 Å². The molecule has 0 aromatic carbocycles. The molecule has 9 heteroatoms. The van der Waals surface area contributed by atoms with E-state index in [-0.39, 0.29) is 17.9 Å². The standard InChI is InChI=1S/C16H14N2O6S/c1-8-10-13(17-7-18(2)14(10)19)25-12(8)16(21)24-6-9-4-5-23-11(9)15(20)22-3/h4-5,7H,6H2,1-3H3. The van der Waals surface area contributed by atoms with E-state index in [1.165, 1.54) is 30.3 Å². The van der Waals surface area contributed by atoms with Crippen molar-refractivity contribution < 1.29 is 23.5 Å². The van der Waals surface area contributed by atoms with Crippen LogP contribution in [0.15, 0.2) is 27.9 Å². The van der Waals surface area contributed by atoms with Crippen LogP contribution in [0.2, 0.25) is 0 Å². The summed E-state index contributed by atoms with van der Waals surface area (Å²) >= 11 is 1.09. The second-order valence-electron chi connectivity index (χ2n) is 5.24. The third-order valence-electron chi connectivity index (χ3n) is 3.67. The van der Waals surface area contributed by atoms with Crippen molar-refractivity contribution in [3.8, 4) is 0 Å². The van der Waals surface area contributed by atoms with Gasteiger partial charge in [-0.1, -0.05) is 0 Å². The molecule has 0 unspecified atom stereocenters. The highest BCUT2D eigenvalue weighted by atomic mass is 32.1. The first-order chi connectivity index (χ1) is 11.9. The third kappa shape index (κ3) is 2.93. The molecule has 3 aromatic heterocycles. The van der Waals surface area contributed by atoms with E-state index in [1.54, 1.807) is 14.0 Å². The van der Waals surface area contributed by atoms with Crippen LogP contribution in [0.25, 0.3) is 10.2 Å². The number of esters is 2. The largest absolute Gasteiger partial charge is 0.463 e. The molecule has 0 bridgehead atoms. The van der Waals surface area contributed by atoms with Gasteiger partial charge in [-0.25, -0.2) is 14.6 Å². The highest BCUT2D eigenvalue weighted by Gasteiger charge is 2.22. The molecular formula is C16H14N2O6S. The molecule has 0 aliphatic heterocycles. The van der Waals surface area contributed by atoms with Crippen molar-refractivity contribution in [2.24, 2.45) is 7.05 Å². The normalized spacial score (nSPS) is 10.8. The first-order valence-electron chi connectivity index (χ1n) is 7.20. The quantitative estimate of drug-likeness (QED) is 0.655. The second kappa shape index (κ2) is 6.52. The zero-order valence-electron chi connectivity index (χ0n) is 13.7. The van der Waals surface area contributed by atoms with Crippen LogP contribution in [0.1, 0.15) is 31.4 Å². The minimum Gasteiger partial charge on any atom is -0.463 e. The van der Waals surface area contributed by atoms with E-state index in [2.05, 4.69) is 9.72 Å². The summed E-state index contributed by atoms with van der Waals surface area (Å²) in [6, 6.07) is 1.52. The van der Waals surface area contributed by atoms with Crippen LogP contribution < -0.4 is 5.56 Å². The number of furan rings is 1. The number of ether oxygens (including phenoxy) is 2. The van der Waals surface area contributed by atoms with Gasteiger partial charge in [-0.05, 0) is 18.6 Å². The summed E-state index contributed by atoms with van der Waals surface area (Å²) in [6.45, 7) is 1.52. The summed E-state index contributed by atoms with van der Waals surface area (Å²) < 4.78 is 16.2. The van der Waals surface area contributed by atoms with Gasteiger partial charge in [-0.3, -0.25) is 4.79 Å². The maximum absolute atomic E-state index is 12.4. The van der Waals surface area contributed by atoms with Crippen LogP contribution in [0.3, 0.4) is 0 Å². The molecular weight excluding hydrogens is 348 g/mol. The lowest BCUT2D eigenvalue weighted by atomic mass is 10.2. The van der Waals surface area contributed by atoms with E-state index in [1.807, 2.05) is 0 Å². The van der Waals surface area contributed by atoms with Gasteiger partial charge in [0, 0.05) is 12.6 Å². The Labute approximate surface area is 145 Å². The number of aryl methyl sites for hydroxylation is 2. The topological polar surface area (TPSA) is 101 Å². The maximum Gasteiger partial charge on any atom is 0.374 e. The maximum atomic E-state index is 12.4. The van der Waals surface area contributed by atoms with Crippen molar-refractivity contribution in [2.45, 2.75) is 13.5 Å². The zero-order valence-corrected chi connectivity index (χ0v) is 14.5. The molecule has 0 saturated heterocycles. The predicted molar refractivity (Wildman–Crippen MR) is 88.8 cm³/mol. The van der Waals surface area contributed by atoms with E-state index in [0.29, 0.717) is 26.2 Å². The summed E-state index contributed by atoms with van der Waals surface area (Å²) in [4.78, 5) is 41.1. The highest BCUT2D eigenvalue weighted by Crippen LogP contribution is 2.27. The fraction of sp³-hybridized carbons (Fsp3) is 0.250. The summed E-state index contributed by atoms with van der Waals surface area (Å²) in [5, 5.41) is 0.403. The average molecular weight is 362 g/mol. The lowest BCUT2D eigenvalue weighted by Crippen LogP contribution is -2.16. The Bertz CT molecular complexity index is 1030. The summed E-state index contributed by atoms with van der Waals surface area (Å²) in [5.74, 6) is -1.26. The first kappa shape index (κ1) is 16.9. The van der Waals surface area contributed by atoms with Crippen molar-refractivity contribution in [1.29, 1.82) is 0 Å². The van der Waals surface area contributed by atoms with E-state index < -0.39 is 11.9 Å². The van der Waals surface area contributed by atoms with Crippen LogP contribution >= 0.6 is 11.3 Å². The second-order valence-corrected chi connectivity index (χ2v) is 6.24. The molecule has 0 amide bonds. The van der Waals surface area contributed by atoms with E-state index in [9.17, 15) is 14.4 Å². The first-order valence-corrected chi connectivity index (χ1v) is 8.02. The van der Waals surface area contributed by atoms with Gasteiger partial charge in [-0.2, -0.15) is 0 Å². The minimum atomic E-state index is -0.651. The van der Waals surface area contributed by atoms with Gasteiger partial charge >= 0.3 is 11.9 Å². The van der Waals surface area contributed by atoms with Crippen molar-refractivity contribution in [3.63, 3.8) is 0 Å². The molecule has 3 heterocycles. The van der Waals surface area contributed by atoms with E-state index in [0.717, 1.165) is 11.3 Å². The lowest BCUT2D eigenvalue weighted by Gasteiger charge is -2.04. The van der Waals surface area contributed by atoms with Crippen LogP contribution in [0, 0.1) is 6.92 Å². The lowest BCUT2D eigenvalue weighted by molar-refractivity contribution is 0.0458. The summed E-state index contributed by atoms with van der Waals surface area (Å²) in [7, 11) is 2.83. The molecule has 0 fully saturated rings. The Morgan fingerprint density at radius 2 is 2.12 bits per heavy atom. The molecule has 0 spiro atoms. The number of fused-ring (bicyclic) bond motifs is 1. The molecule has 25 heavy (non-hydrogen) atoms. The average Bonchev–Trinajstić information content (AvgIpc) is 3.20. The molecule has 0 aliphatic carbocycles. The number of hydrogen-bond donors (Lipinski definition) is 0. The summed E-state index contributed by atoms with van der Waals surface area (Å²) in [6.07, 6.45) is 2.72. The summed E-state index contributed by atoms with van der Waals surface area (Å²) in [5.41, 5.74) is 0.702. The van der Waals surface area contributed by atoms with Gasteiger partial charge < -0.3 is 18.5 Å². The number of carbonyl (C=O) groups is 2. The Hall–Kier alpha value is -2.94. The predicted octanol–water partition coefficient (Wildman–Crippen LogP) is 2.04. The number of hydrogen-bond acceptors (Lipinski definition) is 8. The molecule has 3 aromatic rings. The fourth-order valence-corrected chi connectivity index (χ4v) is 3.37. The Morgan fingerprint density at radius 1 is 1.36 bits per heavy atom. The van der Waals surface area contributed by atoms with Crippen molar-refractivity contribution in [2.75, 3.05) is 7.11 Å². The Morgan fingerprint density at radius 3 is 2.84 bits per heavy atom. The van der Waals surface area contributed by atoms with Gasteiger partial charge in [0.2, 0.25) is 5.76 Å². The number of aromatic nitrogens is 2. The van der Waals surface area contributed by atoms with Crippen molar-refractivity contribution >= 4 is 33.5 Å². The minimum absolute atomic E-state index is 0.0149. The smallest absolute Gasteiger partial charge is 0.374 e. The number of carbonyl (C=O) groups excluding carboxylic acids is 2. The van der Waals surface area contributed by atoms with Crippen molar-refractivity contribution in [1.82, 2.24) is 9.55 Å². The van der Waals surface area contributed by atoms with Gasteiger partial charge in [0.25, 0.3) is 5.56 Å². The molecule has 0 aliphatic rings. The highest BCUT2D eigenvalue weighted by molar-refractivity contribution is 7.20. The van der Waals surface area contributed by atoms with Crippen LogP contribution in [-0.2, 0) is 23.1 Å². The molecule has 3 rings (SSSR count). The third-order valence-corrected chi connectivity index (χ3v) is 4.85. The monoisotopic (exact) mass is 362 g/mol. The van der Waals surface area contributed by atoms with Gasteiger partial charge in [0.15, 0.2) is 0 Å². The Balaban J connectivity index is 1.85. The van der Waals surface area contributed by atoms with Crippen LogP contribution in [0.4, 0.5) is 0 Å². The van der Waals surface area contributed by atoms with Crippen LogP contribution in [0.5, 0.6) is 0 Å². The molecule has 130 valence electrons. The fourth-order valence-electron chi connectivity index (χ4n) is 2.33. The number of rotatable bonds is 4. The molecule has 0 saturated carbocycles. The van der Waals surface area contributed by atoms with Crippen molar-refractivity contribution in [3.05, 3.63) is 50.8 Å². The number of methoxy groups -OCH3 is 1. The van der Waals surface area contributed by atoms with Gasteiger partial charge in [0.05, 0.1) is 25.1 Å². The zero-order chi connectivity index (χ0) is 18.1.